The summed E-state index contributed by atoms with van der Waals surface area (Å²) in [7, 11) is 1.55. The summed E-state index contributed by atoms with van der Waals surface area (Å²) in [6.45, 7) is 0.326. The van der Waals surface area contributed by atoms with Gasteiger partial charge in [0.2, 0.25) is 0 Å². The highest BCUT2D eigenvalue weighted by Crippen LogP contribution is 2.36. The monoisotopic (exact) mass is 434 g/mol. The maximum absolute atomic E-state index is 11.5. The Morgan fingerprint density at radius 2 is 1.81 bits per heavy atom. The number of nitrogens with zero attached hydrogens (tertiary/aromatic N) is 3. The Kier molecular flexibility index (Phi) is 5.67. The number of methoxy groups -OCH3 is 1. The number of nitrogens with one attached hydrogen (secondary N) is 1. The van der Waals surface area contributed by atoms with Crippen molar-refractivity contribution >= 4 is 22.8 Å². The van der Waals surface area contributed by atoms with Crippen LogP contribution in [-0.2, 0) is 0 Å². The van der Waals surface area contributed by atoms with Gasteiger partial charge in [-0.1, -0.05) is 30.3 Å². The van der Waals surface area contributed by atoms with Gasteiger partial charge in [-0.15, -0.1) is 0 Å². The lowest BCUT2D eigenvalue weighted by molar-refractivity contribution is -0.393. The Morgan fingerprint density at radius 3 is 2.50 bits per heavy atom. The van der Waals surface area contributed by atoms with Gasteiger partial charge < -0.3 is 9.47 Å². The Hall–Kier alpha value is -4.47. The lowest BCUT2D eigenvalue weighted by Gasteiger charge is -2.28. The van der Waals surface area contributed by atoms with Crippen LogP contribution in [0.5, 0.6) is 11.5 Å². The SMILES string of the molecule is COc1ccc2c(c1)C(=NNc1ccc([N+](=O)[O-])cc1[N+](=O)[O-])C(c1ccccc1)CO2. The first kappa shape index (κ1) is 20.8. The molecule has 3 aromatic rings. The molecule has 1 atom stereocenters. The quantitative estimate of drug-likeness (QED) is 0.446. The number of hydrogen-bond acceptors (Lipinski definition) is 8. The Morgan fingerprint density at radius 1 is 1.03 bits per heavy atom. The van der Waals surface area contributed by atoms with Crippen LogP contribution in [0.25, 0.3) is 0 Å². The van der Waals surface area contributed by atoms with Crippen molar-refractivity contribution in [3.05, 3.63) is 98.1 Å². The van der Waals surface area contributed by atoms with E-state index in [0.29, 0.717) is 29.4 Å². The molecule has 32 heavy (non-hydrogen) atoms. The van der Waals surface area contributed by atoms with E-state index in [9.17, 15) is 20.2 Å². The van der Waals surface area contributed by atoms with Crippen LogP contribution in [0.1, 0.15) is 17.0 Å². The first-order valence-corrected chi connectivity index (χ1v) is 9.60. The molecule has 10 heteroatoms. The van der Waals surface area contributed by atoms with Crippen molar-refractivity contribution in [2.24, 2.45) is 5.10 Å². The summed E-state index contributed by atoms with van der Waals surface area (Å²) >= 11 is 0. The topological polar surface area (TPSA) is 129 Å². The van der Waals surface area contributed by atoms with E-state index < -0.39 is 15.5 Å². The smallest absolute Gasteiger partial charge is 0.301 e. The molecule has 1 aliphatic rings. The molecule has 0 fully saturated rings. The molecule has 0 saturated heterocycles. The largest absolute Gasteiger partial charge is 0.497 e. The van der Waals surface area contributed by atoms with Gasteiger partial charge in [-0.2, -0.15) is 5.10 Å². The molecule has 1 heterocycles. The second-order valence-electron chi connectivity index (χ2n) is 6.96. The number of non-ortho nitro benzene ring substituents is 1. The first-order chi connectivity index (χ1) is 15.5. The van der Waals surface area contributed by atoms with Gasteiger partial charge in [0.1, 0.15) is 23.8 Å². The number of hydrazone groups is 1. The minimum atomic E-state index is -0.689. The summed E-state index contributed by atoms with van der Waals surface area (Å²) in [6, 6.07) is 18.3. The van der Waals surface area contributed by atoms with Crippen molar-refractivity contribution in [2.75, 3.05) is 19.1 Å². The highest BCUT2D eigenvalue weighted by Gasteiger charge is 2.29. The number of benzene rings is 3. The zero-order valence-corrected chi connectivity index (χ0v) is 16.9. The maximum atomic E-state index is 11.5. The Bertz CT molecular complexity index is 1210. The molecule has 0 radical (unpaired) electrons. The molecule has 0 aliphatic carbocycles. The molecule has 10 nitrogen and oxygen atoms in total. The third-order valence-corrected chi connectivity index (χ3v) is 5.09. The minimum Gasteiger partial charge on any atom is -0.497 e. The molecular formula is C22H18N4O6. The second-order valence-corrected chi connectivity index (χ2v) is 6.96. The molecule has 0 spiro atoms. The number of nitro benzene ring substituents is 2. The summed E-state index contributed by atoms with van der Waals surface area (Å²) < 4.78 is 11.3. The predicted octanol–water partition coefficient (Wildman–Crippen LogP) is 4.50. The van der Waals surface area contributed by atoms with Gasteiger partial charge in [-0.25, -0.2) is 0 Å². The Labute approximate surface area is 182 Å². The number of anilines is 1. The van der Waals surface area contributed by atoms with Crippen LogP contribution < -0.4 is 14.9 Å². The van der Waals surface area contributed by atoms with E-state index in [0.717, 1.165) is 11.6 Å². The van der Waals surface area contributed by atoms with Crippen molar-refractivity contribution in [3.8, 4) is 11.5 Å². The zero-order valence-electron chi connectivity index (χ0n) is 16.9. The van der Waals surface area contributed by atoms with Crippen molar-refractivity contribution < 1.29 is 19.3 Å². The molecule has 1 unspecified atom stereocenters. The number of fused-ring (bicyclic) bond motifs is 1. The van der Waals surface area contributed by atoms with Crippen LogP contribution in [0.15, 0.2) is 71.8 Å². The van der Waals surface area contributed by atoms with Gasteiger partial charge in [0.05, 0.1) is 34.7 Å². The zero-order chi connectivity index (χ0) is 22.7. The van der Waals surface area contributed by atoms with Crippen LogP contribution in [0.3, 0.4) is 0 Å². The summed E-state index contributed by atoms with van der Waals surface area (Å²) in [4.78, 5) is 21.1. The molecule has 1 aliphatic heterocycles. The van der Waals surface area contributed by atoms with Gasteiger partial charge in [0.25, 0.3) is 5.69 Å². The van der Waals surface area contributed by atoms with Crippen molar-refractivity contribution in [1.29, 1.82) is 0 Å². The van der Waals surface area contributed by atoms with Crippen molar-refractivity contribution in [1.82, 2.24) is 0 Å². The summed E-state index contributed by atoms with van der Waals surface area (Å²) in [6.07, 6.45) is 0. The summed E-state index contributed by atoms with van der Waals surface area (Å²) in [5, 5.41) is 27.0. The van der Waals surface area contributed by atoms with Gasteiger partial charge in [-0.3, -0.25) is 25.7 Å². The van der Waals surface area contributed by atoms with E-state index in [1.807, 2.05) is 30.3 Å². The highest BCUT2D eigenvalue weighted by molar-refractivity contribution is 6.08. The lowest BCUT2D eigenvalue weighted by atomic mass is 9.88. The van der Waals surface area contributed by atoms with E-state index >= 15 is 0 Å². The molecule has 3 aromatic carbocycles. The predicted molar refractivity (Wildman–Crippen MR) is 118 cm³/mol. The lowest BCUT2D eigenvalue weighted by Crippen LogP contribution is -2.27. The Balaban J connectivity index is 1.79. The molecule has 0 aromatic heterocycles. The summed E-state index contributed by atoms with van der Waals surface area (Å²) in [5.41, 5.74) is 4.19. The highest BCUT2D eigenvalue weighted by atomic mass is 16.6. The first-order valence-electron chi connectivity index (χ1n) is 9.60. The molecule has 0 saturated carbocycles. The van der Waals surface area contributed by atoms with Crippen LogP contribution >= 0.6 is 0 Å². The molecule has 0 amide bonds. The van der Waals surface area contributed by atoms with E-state index in [4.69, 9.17) is 9.47 Å². The molecule has 0 bridgehead atoms. The third-order valence-electron chi connectivity index (χ3n) is 5.09. The number of ether oxygens (including phenoxy) is 2. The third kappa shape index (κ3) is 4.06. The van der Waals surface area contributed by atoms with E-state index in [1.165, 1.54) is 12.1 Å². The summed E-state index contributed by atoms with van der Waals surface area (Å²) in [5.74, 6) is 0.965. The number of nitro groups is 2. The van der Waals surface area contributed by atoms with E-state index in [1.54, 1.807) is 25.3 Å². The second kappa shape index (κ2) is 8.72. The molecule has 1 N–H and O–H groups in total. The minimum absolute atomic E-state index is 0.0378. The van der Waals surface area contributed by atoms with E-state index in [-0.39, 0.29) is 17.3 Å². The normalized spacial score (nSPS) is 16.0. The average Bonchev–Trinajstić information content (AvgIpc) is 2.82. The fourth-order valence-electron chi connectivity index (χ4n) is 3.48. The standard InChI is InChI=1S/C22H18N4O6/c1-31-16-8-10-21-17(12-16)22(18(13-32-21)14-5-3-2-4-6-14)24-23-19-9-7-15(25(27)28)11-20(19)26(29)30/h2-12,18,23H,13H2,1H3. The maximum Gasteiger partial charge on any atom is 0.301 e. The van der Waals surface area contributed by atoms with Gasteiger partial charge in [0, 0.05) is 11.6 Å². The van der Waals surface area contributed by atoms with Crippen LogP contribution in [0.2, 0.25) is 0 Å². The van der Waals surface area contributed by atoms with Crippen LogP contribution in [0.4, 0.5) is 17.1 Å². The molecular weight excluding hydrogens is 416 g/mol. The van der Waals surface area contributed by atoms with Crippen molar-refractivity contribution in [2.45, 2.75) is 5.92 Å². The fraction of sp³-hybridized carbons (Fsp3) is 0.136. The van der Waals surface area contributed by atoms with Gasteiger partial charge in [-0.05, 0) is 29.8 Å². The molecule has 4 rings (SSSR count). The fourth-order valence-corrected chi connectivity index (χ4v) is 3.48. The average molecular weight is 434 g/mol. The molecule has 162 valence electrons. The number of hydrogen-bond donors (Lipinski definition) is 1. The van der Waals surface area contributed by atoms with Gasteiger partial charge >= 0.3 is 5.69 Å². The van der Waals surface area contributed by atoms with Crippen LogP contribution in [-0.4, -0.2) is 29.3 Å². The van der Waals surface area contributed by atoms with E-state index in [2.05, 4.69) is 10.5 Å². The van der Waals surface area contributed by atoms with Crippen molar-refractivity contribution in [3.63, 3.8) is 0 Å². The number of rotatable bonds is 6. The van der Waals surface area contributed by atoms with Gasteiger partial charge in [0.15, 0.2) is 0 Å². The van der Waals surface area contributed by atoms with Crippen LogP contribution in [0, 0.1) is 20.2 Å².